The number of thiophene rings is 1. The molecular weight excluding hydrogens is 756 g/mol. The molecule has 3 unspecified atom stereocenters. The largest absolute Gasteiger partial charge is 0.490 e. The van der Waals surface area contributed by atoms with Gasteiger partial charge in [-0.1, -0.05) is 6.07 Å². The molecular formula is C36H32F7N9O2S. The Bertz CT molecular complexity index is 2390. The van der Waals surface area contributed by atoms with E-state index in [1.54, 1.807) is 11.8 Å². The molecule has 2 fully saturated rings. The molecule has 0 bridgehead atoms. The van der Waals surface area contributed by atoms with Crippen LogP contribution in [0.1, 0.15) is 55.5 Å². The number of rotatable bonds is 8. The van der Waals surface area contributed by atoms with Crippen LogP contribution >= 0.6 is 11.3 Å². The molecule has 0 aliphatic carbocycles. The Morgan fingerprint density at radius 1 is 1.13 bits per heavy atom. The van der Waals surface area contributed by atoms with Crippen molar-refractivity contribution in [3.05, 3.63) is 53.0 Å². The monoisotopic (exact) mass is 787 g/mol. The third kappa shape index (κ3) is 6.05. The van der Waals surface area contributed by atoms with Crippen LogP contribution in [0.15, 0.2) is 24.5 Å². The number of nitrogens with two attached hydrogens (primary N) is 2. The molecule has 0 spiro atoms. The van der Waals surface area contributed by atoms with Gasteiger partial charge in [0.2, 0.25) is 6.43 Å². The minimum absolute atomic E-state index is 0.0448. The number of nitriles is 1. The smallest absolute Gasteiger partial charge is 0.420 e. The SMILES string of the molecule is CC(c1nccnc1N)N1CCOc2c(C(F)(F)F)c(-c3ccc(F)c4sc(N)c(C#N)c34)c(F)c3nc(OCC45CCCN4CC(CC(F)F)C5)nc1c23. The summed E-state index contributed by atoms with van der Waals surface area (Å²) in [5.41, 5.74) is 7.87. The number of ether oxygens (including phenoxy) is 2. The molecule has 3 aliphatic rings. The fourth-order valence-corrected chi connectivity index (χ4v) is 9.47. The molecule has 2 saturated heterocycles. The summed E-state index contributed by atoms with van der Waals surface area (Å²) in [6.45, 7) is 2.30. The maximum atomic E-state index is 17.4. The van der Waals surface area contributed by atoms with Gasteiger partial charge in [0.05, 0.1) is 33.8 Å². The van der Waals surface area contributed by atoms with Crippen LogP contribution in [0.5, 0.6) is 11.8 Å². The molecule has 4 N–H and O–H groups in total. The quantitative estimate of drug-likeness (QED) is 0.151. The second-order valence-corrected chi connectivity index (χ2v) is 15.1. The molecule has 55 heavy (non-hydrogen) atoms. The minimum atomic E-state index is -5.26. The van der Waals surface area contributed by atoms with Crippen molar-refractivity contribution >= 4 is 49.0 Å². The summed E-state index contributed by atoms with van der Waals surface area (Å²) in [6.07, 6.45) is -3.39. The van der Waals surface area contributed by atoms with Crippen LogP contribution in [0.2, 0.25) is 0 Å². The number of hydrogen-bond acceptors (Lipinski definition) is 12. The molecule has 288 valence electrons. The highest BCUT2D eigenvalue weighted by atomic mass is 32.1. The first kappa shape index (κ1) is 36.7. The lowest BCUT2D eigenvalue weighted by Gasteiger charge is -2.32. The van der Waals surface area contributed by atoms with Crippen LogP contribution in [0.4, 0.5) is 47.4 Å². The van der Waals surface area contributed by atoms with E-state index in [0.717, 1.165) is 18.6 Å². The maximum absolute atomic E-state index is 17.4. The number of alkyl halides is 5. The first-order chi connectivity index (χ1) is 26.2. The number of aromatic nitrogens is 4. The van der Waals surface area contributed by atoms with Gasteiger partial charge in [0, 0.05) is 36.3 Å². The van der Waals surface area contributed by atoms with E-state index in [-0.39, 0.29) is 76.1 Å². The van der Waals surface area contributed by atoms with Crippen molar-refractivity contribution in [3.63, 3.8) is 0 Å². The van der Waals surface area contributed by atoms with Gasteiger partial charge in [0.25, 0.3) is 0 Å². The summed E-state index contributed by atoms with van der Waals surface area (Å²) in [6, 6.07) is 2.48. The predicted molar refractivity (Wildman–Crippen MR) is 190 cm³/mol. The van der Waals surface area contributed by atoms with E-state index in [1.165, 1.54) is 12.4 Å². The molecule has 0 saturated carbocycles. The molecule has 0 radical (unpaired) electrons. The van der Waals surface area contributed by atoms with Crippen molar-refractivity contribution in [1.29, 1.82) is 5.26 Å². The van der Waals surface area contributed by atoms with Crippen LogP contribution in [0.3, 0.4) is 0 Å². The third-order valence-corrected chi connectivity index (χ3v) is 11.9. The minimum Gasteiger partial charge on any atom is -0.490 e. The second-order valence-electron chi connectivity index (χ2n) is 14.0. The van der Waals surface area contributed by atoms with Crippen molar-refractivity contribution in [1.82, 2.24) is 24.8 Å². The molecule has 2 aromatic carbocycles. The Morgan fingerprint density at radius 3 is 2.64 bits per heavy atom. The number of hydrogen-bond donors (Lipinski definition) is 2. The zero-order valence-corrected chi connectivity index (χ0v) is 29.9. The van der Waals surface area contributed by atoms with Gasteiger partial charge < -0.3 is 25.8 Å². The maximum Gasteiger partial charge on any atom is 0.420 e. The molecule has 3 atom stereocenters. The molecule has 0 amide bonds. The average Bonchev–Trinajstić information content (AvgIpc) is 3.74. The van der Waals surface area contributed by atoms with Crippen LogP contribution in [0.25, 0.3) is 32.1 Å². The van der Waals surface area contributed by atoms with E-state index >= 15 is 22.0 Å². The van der Waals surface area contributed by atoms with Crippen molar-refractivity contribution in [2.75, 3.05) is 49.2 Å². The Kier molecular flexibility index (Phi) is 9.03. The average molecular weight is 788 g/mol. The highest BCUT2D eigenvalue weighted by molar-refractivity contribution is 7.23. The lowest BCUT2D eigenvalue weighted by molar-refractivity contribution is -0.138. The first-order valence-electron chi connectivity index (χ1n) is 17.4. The number of benzene rings is 2. The Balaban J connectivity index is 1.37. The summed E-state index contributed by atoms with van der Waals surface area (Å²) < 4.78 is 118. The van der Waals surface area contributed by atoms with Gasteiger partial charge in [-0.15, -0.1) is 11.3 Å². The number of nitrogen functional groups attached to an aromatic ring is 2. The zero-order valence-electron chi connectivity index (χ0n) is 29.1. The molecule has 3 aliphatic heterocycles. The highest BCUT2D eigenvalue weighted by Gasteiger charge is 2.50. The summed E-state index contributed by atoms with van der Waals surface area (Å²) in [5.74, 6) is -3.52. The van der Waals surface area contributed by atoms with E-state index in [2.05, 4.69) is 24.8 Å². The standard InChI is InChI=1S/C36H32F7N9O2S/c1-16(27-31(45)48-7-6-47-27)52-9-10-53-29-24-28(49-34(50-33(24)52)54-15-35-5-2-8-51(35)14-17(12-35)11-21(38)39)26(40)23(25(29)36(41,42)43)18-3-4-20(37)30-22(18)19(13-44)32(46)55-30/h3-4,6-7,16-17,21H,2,5,8-12,14-15,46H2,1H3,(H2,45,48). The topological polar surface area (TPSA) is 152 Å². The number of anilines is 3. The zero-order chi connectivity index (χ0) is 39.0. The van der Waals surface area contributed by atoms with Gasteiger partial charge in [0.15, 0.2) is 5.82 Å². The highest BCUT2D eigenvalue weighted by Crippen LogP contribution is 2.54. The fourth-order valence-electron chi connectivity index (χ4n) is 8.53. The van der Waals surface area contributed by atoms with Crippen LogP contribution in [-0.4, -0.2) is 69.6 Å². The normalized spacial score (nSPS) is 20.5. The van der Waals surface area contributed by atoms with Crippen molar-refractivity contribution in [2.45, 2.75) is 56.8 Å². The van der Waals surface area contributed by atoms with Gasteiger partial charge >= 0.3 is 12.2 Å². The van der Waals surface area contributed by atoms with Gasteiger partial charge in [-0.25, -0.2) is 22.5 Å². The molecule has 6 heterocycles. The molecule has 8 rings (SSSR count). The second kappa shape index (κ2) is 13.5. The summed E-state index contributed by atoms with van der Waals surface area (Å²) in [7, 11) is 0. The van der Waals surface area contributed by atoms with Gasteiger partial charge in [0.1, 0.15) is 64.3 Å². The van der Waals surface area contributed by atoms with Crippen LogP contribution < -0.4 is 25.8 Å². The van der Waals surface area contributed by atoms with Crippen molar-refractivity contribution in [2.24, 2.45) is 5.92 Å². The van der Waals surface area contributed by atoms with Crippen LogP contribution in [-0.2, 0) is 6.18 Å². The molecule has 19 heteroatoms. The Morgan fingerprint density at radius 2 is 1.91 bits per heavy atom. The lowest BCUT2D eigenvalue weighted by Crippen LogP contribution is -2.43. The van der Waals surface area contributed by atoms with Crippen molar-refractivity contribution in [3.8, 4) is 29.0 Å². The van der Waals surface area contributed by atoms with Crippen molar-refractivity contribution < 1.29 is 40.2 Å². The molecule has 5 aromatic rings. The van der Waals surface area contributed by atoms with Crippen LogP contribution in [0, 0.1) is 28.9 Å². The number of nitrogens with zero attached hydrogens (tertiary/aromatic N) is 7. The summed E-state index contributed by atoms with van der Waals surface area (Å²) >= 11 is 0.648. The Labute approximate surface area is 312 Å². The van der Waals surface area contributed by atoms with E-state index < -0.39 is 69.2 Å². The number of halogens is 7. The predicted octanol–water partition coefficient (Wildman–Crippen LogP) is 7.48. The fraction of sp³-hybridized carbons (Fsp3) is 0.417. The lowest BCUT2D eigenvalue weighted by atomic mass is 9.89. The van der Waals surface area contributed by atoms with Gasteiger partial charge in [-0.2, -0.15) is 28.4 Å². The molecule has 3 aromatic heterocycles. The van der Waals surface area contributed by atoms with E-state index in [0.29, 0.717) is 37.3 Å². The van der Waals surface area contributed by atoms with Gasteiger partial charge in [-0.3, -0.25) is 9.88 Å². The third-order valence-electron chi connectivity index (χ3n) is 10.8. The summed E-state index contributed by atoms with van der Waals surface area (Å²) in [4.78, 5) is 21.0. The van der Waals surface area contributed by atoms with Gasteiger partial charge in [-0.05, 0) is 50.3 Å². The van der Waals surface area contributed by atoms with E-state index in [4.69, 9.17) is 20.9 Å². The Hall–Kier alpha value is -5.22. The van der Waals surface area contributed by atoms with E-state index in [1.807, 2.05) is 6.07 Å². The first-order valence-corrected chi connectivity index (χ1v) is 18.2. The molecule has 11 nitrogen and oxygen atoms in total. The number of fused-ring (bicyclic) bond motifs is 2. The summed E-state index contributed by atoms with van der Waals surface area (Å²) in [5, 5.41) is 9.06. The van der Waals surface area contributed by atoms with E-state index in [9.17, 15) is 14.0 Å².